The van der Waals surface area contributed by atoms with Gasteiger partial charge < -0.3 is 10.3 Å². The van der Waals surface area contributed by atoms with Gasteiger partial charge in [0.2, 0.25) is 5.91 Å². The lowest BCUT2D eigenvalue weighted by Gasteiger charge is -2.23. The number of H-pyrrole nitrogens is 1. The number of para-hydroxylation sites is 1. The standard InChI is InChI=1S/C20H22N2O/c1-13-9-10-15(11-14(13)2)22-19(23)20(3,4)17-12-21-18-8-6-5-7-16(17)18/h5-12,21H,1-4H3,(H,22,23). The van der Waals surface area contributed by atoms with Gasteiger partial charge in [0.05, 0.1) is 5.41 Å². The molecule has 0 spiro atoms. The second kappa shape index (κ2) is 5.58. The highest BCUT2D eigenvalue weighted by Crippen LogP contribution is 2.31. The Morgan fingerprint density at radius 3 is 2.52 bits per heavy atom. The number of nitrogens with one attached hydrogen (secondary N) is 2. The van der Waals surface area contributed by atoms with Gasteiger partial charge in [0, 0.05) is 22.8 Å². The van der Waals surface area contributed by atoms with E-state index < -0.39 is 5.41 Å². The number of benzene rings is 2. The minimum atomic E-state index is -0.627. The van der Waals surface area contributed by atoms with Gasteiger partial charge in [0.25, 0.3) is 0 Å². The fourth-order valence-electron chi connectivity index (χ4n) is 2.82. The number of aromatic nitrogens is 1. The predicted octanol–water partition coefficient (Wildman–Crippen LogP) is 4.70. The van der Waals surface area contributed by atoms with Crippen molar-refractivity contribution in [3.05, 3.63) is 65.4 Å². The minimum absolute atomic E-state index is 0.00879. The maximum atomic E-state index is 12.8. The van der Waals surface area contributed by atoms with Crippen LogP contribution < -0.4 is 5.32 Å². The summed E-state index contributed by atoms with van der Waals surface area (Å²) in [6.07, 6.45) is 1.94. The first-order valence-corrected chi connectivity index (χ1v) is 7.85. The normalized spacial score (nSPS) is 11.7. The van der Waals surface area contributed by atoms with Gasteiger partial charge in [0.15, 0.2) is 0 Å². The molecule has 0 radical (unpaired) electrons. The maximum absolute atomic E-state index is 12.8. The Bertz CT molecular complexity index is 874. The van der Waals surface area contributed by atoms with Crippen molar-refractivity contribution in [3.63, 3.8) is 0 Å². The molecular weight excluding hydrogens is 284 g/mol. The smallest absolute Gasteiger partial charge is 0.234 e. The van der Waals surface area contributed by atoms with Crippen molar-refractivity contribution in [2.45, 2.75) is 33.1 Å². The van der Waals surface area contributed by atoms with Crippen LogP contribution in [-0.4, -0.2) is 10.9 Å². The summed E-state index contributed by atoms with van der Waals surface area (Å²) in [4.78, 5) is 16.1. The van der Waals surface area contributed by atoms with Crippen molar-refractivity contribution in [2.24, 2.45) is 0 Å². The van der Waals surface area contributed by atoms with Crippen LogP contribution in [0.2, 0.25) is 0 Å². The molecule has 23 heavy (non-hydrogen) atoms. The molecule has 0 unspecified atom stereocenters. The second-order valence-corrected chi connectivity index (χ2v) is 6.63. The number of amides is 1. The lowest BCUT2D eigenvalue weighted by molar-refractivity contribution is -0.120. The second-order valence-electron chi connectivity index (χ2n) is 6.63. The van der Waals surface area contributed by atoms with E-state index in [4.69, 9.17) is 0 Å². The van der Waals surface area contributed by atoms with Crippen LogP contribution in [0.5, 0.6) is 0 Å². The quantitative estimate of drug-likeness (QED) is 0.723. The van der Waals surface area contributed by atoms with Gasteiger partial charge in [-0.3, -0.25) is 4.79 Å². The summed E-state index contributed by atoms with van der Waals surface area (Å²) >= 11 is 0. The van der Waals surface area contributed by atoms with E-state index in [9.17, 15) is 4.79 Å². The van der Waals surface area contributed by atoms with Crippen LogP contribution in [0.15, 0.2) is 48.7 Å². The zero-order valence-corrected chi connectivity index (χ0v) is 14.0. The van der Waals surface area contributed by atoms with Crippen molar-refractivity contribution in [1.29, 1.82) is 0 Å². The van der Waals surface area contributed by atoms with E-state index in [2.05, 4.69) is 24.1 Å². The average Bonchev–Trinajstić information content (AvgIpc) is 2.95. The molecule has 2 N–H and O–H groups in total. The van der Waals surface area contributed by atoms with Gasteiger partial charge in [-0.25, -0.2) is 0 Å². The van der Waals surface area contributed by atoms with Crippen molar-refractivity contribution in [2.75, 3.05) is 5.32 Å². The van der Waals surface area contributed by atoms with Crippen molar-refractivity contribution < 1.29 is 4.79 Å². The molecule has 0 aliphatic rings. The first kappa shape index (κ1) is 15.3. The summed E-state index contributed by atoms with van der Waals surface area (Å²) in [5.74, 6) is -0.00879. The van der Waals surface area contributed by atoms with Crippen LogP contribution in [-0.2, 0) is 10.2 Å². The van der Waals surface area contributed by atoms with Crippen LogP contribution in [0.4, 0.5) is 5.69 Å². The molecule has 1 heterocycles. The van der Waals surface area contributed by atoms with E-state index >= 15 is 0 Å². The topological polar surface area (TPSA) is 44.9 Å². The van der Waals surface area contributed by atoms with E-state index in [1.165, 1.54) is 11.1 Å². The van der Waals surface area contributed by atoms with E-state index in [0.29, 0.717) is 0 Å². The molecule has 3 aromatic rings. The Morgan fingerprint density at radius 2 is 1.78 bits per heavy atom. The molecule has 0 fully saturated rings. The van der Waals surface area contributed by atoms with Gasteiger partial charge in [-0.2, -0.15) is 0 Å². The van der Waals surface area contributed by atoms with E-state index in [0.717, 1.165) is 22.2 Å². The maximum Gasteiger partial charge on any atom is 0.234 e. The van der Waals surface area contributed by atoms with Crippen molar-refractivity contribution in [3.8, 4) is 0 Å². The Labute approximate surface area is 136 Å². The van der Waals surface area contributed by atoms with Gasteiger partial charge >= 0.3 is 0 Å². The van der Waals surface area contributed by atoms with E-state index in [1.54, 1.807) is 0 Å². The number of aryl methyl sites for hydroxylation is 2. The minimum Gasteiger partial charge on any atom is -0.361 e. The highest BCUT2D eigenvalue weighted by molar-refractivity contribution is 6.01. The molecule has 0 saturated carbocycles. The number of aromatic amines is 1. The van der Waals surface area contributed by atoms with Crippen molar-refractivity contribution in [1.82, 2.24) is 4.98 Å². The number of anilines is 1. The zero-order chi connectivity index (χ0) is 16.6. The SMILES string of the molecule is Cc1ccc(NC(=O)C(C)(C)c2c[nH]c3ccccc23)cc1C. The number of hydrogen-bond acceptors (Lipinski definition) is 1. The van der Waals surface area contributed by atoms with Crippen LogP contribution >= 0.6 is 0 Å². The number of rotatable bonds is 3. The fourth-order valence-corrected chi connectivity index (χ4v) is 2.82. The highest BCUT2D eigenvalue weighted by atomic mass is 16.2. The molecule has 2 aromatic carbocycles. The number of hydrogen-bond donors (Lipinski definition) is 2. The Hall–Kier alpha value is -2.55. The van der Waals surface area contributed by atoms with Gasteiger partial charge in [0.1, 0.15) is 0 Å². The summed E-state index contributed by atoms with van der Waals surface area (Å²) in [6, 6.07) is 14.1. The first-order valence-electron chi connectivity index (χ1n) is 7.85. The van der Waals surface area contributed by atoms with Crippen LogP contribution in [0, 0.1) is 13.8 Å². The van der Waals surface area contributed by atoms with Crippen LogP contribution in [0.1, 0.15) is 30.5 Å². The number of carbonyl (C=O) groups is 1. The third-order valence-electron chi connectivity index (χ3n) is 4.60. The molecule has 0 aliphatic carbocycles. The monoisotopic (exact) mass is 306 g/mol. The lowest BCUT2D eigenvalue weighted by atomic mass is 9.83. The van der Waals surface area contributed by atoms with E-state index in [1.807, 2.05) is 62.5 Å². The van der Waals surface area contributed by atoms with Gasteiger partial charge in [-0.15, -0.1) is 0 Å². The molecule has 0 atom stereocenters. The molecule has 3 nitrogen and oxygen atoms in total. The van der Waals surface area contributed by atoms with Gasteiger partial charge in [-0.05, 0) is 62.6 Å². The zero-order valence-electron chi connectivity index (χ0n) is 14.0. The van der Waals surface area contributed by atoms with Crippen LogP contribution in [0.25, 0.3) is 10.9 Å². The fraction of sp³-hybridized carbons (Fsp3) is 0.250. The summed E-state index contributed by atoms with van der Waals surface area (Å²) in [5, 5.41) is 4.14. The third kappa shape index (κ3) is 2.74. The molecule has 1 amide bonds. The lowest BCUT2D eigenvalue weighted by Crippen LogP contribution is -2.34. The molecule has 3 heteroatoms. The largest absolute Gasteiger partial charge is 0.361 e. The first-order chi connectivity index (χ1) is 10.9. The van der Waals surface area contributed by atoms with Gasteiger partial charge in [-0.1, -0.05) is 24.3 Å². The summed E-state index contributed by atoms with van der Waals surface area (Å²) in [6.45, 7) is 8.03. The third-order valence-corrected chi connectivity index (χ3v) is 4.60. The molecular formula is C20H22N2O. The molecule has 1 aromatic heterocycles. The summed E-state index contributed by atoms with van der Waals surface area (Å²) < 4.78 is 0. The number of fused-ring (bicyclic) bond motifs is 1. The molecule has 0 saturated heterocycles. The number of carbonyl (C=O) groups excluding carboxylic acids is 1. The van der Waals surface area contributed by atoms with E-state index in [-0.39, 0.29) is 5.91 Å². The highest BCUT2D eigenvalue weighted by Gasteiger charge is 2.32. The Balaban J connectivity index is 1.92. The summed E-state index contributed by atoms with van der Waals surface area (Å²) in [5.41, 5.74) is 4.67. The molecule has 0 aliphatic heterocycles. The molecule has 3 rings (SSSR count). The van der Waals surface area contributed by atoms with Crippen molar-refractivity contribution >= 4 is 22.5 Å². The average molecular weight is 306 g/mol. The Morgan fingerprint density at radius 1 is 1.04 bits per heavy atom. The molecule has 118 valence electrons. The van der Waals surface area contributed by atoms with Crippen LogP contribution in [0.3, 0.4) is 0 Å². The summed E-state index contributed by atoms with van der Waals surface area (Å²) in [7, 11) is 0. The molecule has 0 bridgehead atoms. The predicted molar refractivity (Wildman–Crippen MR) is 95.9 cm³/mol. The Kier molecular flexibility index (Phi) is 3.72.